The average Bonchev–Trinajstić information content (AvgIpc) is 2.92. The van der Waals surface area contributed by atoms with Crippen LogP contribution < -0.4 is 10.6 Å². The predicted octanol–water partition coefficient (Wildman–Crippen LogP) is 1.71. The fraction of sp³-hybridized carbons (Fsp3) is 0.933. The molecule has 0 radical (unpaired) electrons. The smallest absolute Gasteiger partial charge is 0.315 e. The van der Waals surface area contributed by atoms with Gasteiger partial charge >= 0.3 is 6.03 Å². The molecule has 0 saturated heterocycles. The minimum Gasteiger partial charge on any atom is -0.396 e. The third kappa shape index (κ3) is 5.67. The molecule has 0 bridgehead atoms. The number of hydrogen-bond donors (Lipinski definition) is 3. The van der Waals surface area contributed by atoms with E-state index in [2.05, 4.69) is 22.6 Å². The van der Waals surface area contributed by atoms with Crippen LogP contribution in [0, 0.1) is 0 Å². The lowest BCUT2D eigenvalue weighted by atomic mass is 9.95. The van der Waals surface area contributed by atoms with Crippen LogP contribution in [-0.2, 0) is 0 Å². The van der Waals surface area contributed by atoms with Crippen LogP contribution in [-0.4, -0.2) is 54.4 Å². The van der Waals surface area contributed by atoms with Gasteiger partial charge in [0, 0.05) is 31.3 Å². The number of carbonyl (C=O) groups is 1. The normalized spacial score (nSPS) is 19.1. The van der Waals surface area contributed by atoms with E-state index in [1.54, 1.807) is 0 Å². The van der Waals surface area contributed by atoms with Crippen molar-refractivity contribution in [1.29, 1.82) is 0 Å². The molecule has 0 aromatic heterocycles. The molecule has 0 heterocycles. The molecule has 5 heteroatoms. The van der Waals surface area contributed by atoms with Gasteiger partial charge in [-0.25, -0.2) is 4.79 Å². The number of amides is 2. The number of urea groups is 1. The highest BCUT2D eigenvalue weighted by Gasteiger charge is 2.23. The van der Waals surface area contributed by atoms with Crippen LogP contribution in [0.5, 0.6) is 0 Å². The Morgan fingerprint density at radius 3 is 2.60 bits per heavy atom. The molecule has 1 aliphatic rings. The van der Waals surface area contributed by atoms with Gasteiger partial charge < -0.3 is 20.6 Å². The van der Waals surface area contributed by atoms with Crippen molar-refractivity contribution in [1.82, 2.24) is 15.5 Å². The number of rotatable bonds is 8. The van der Waals surface area contributed by atoms with E-state index in [0.29, 0.717) is 19.0 Å². The molecule has 1 rings (SSSR count). The summed E-state index contributed by atoms with van der Waals surface area (Å²) in [7, 11) is 2.14. The van der Waals surface area contributed by atoms with Gasteiger partial charge in [-0.05, 0) is 39.7 Å². The molecule has 1 aliphatic carbocycles. The summed E-state index contributed by atoms with van der Waals surface area (Å²) in [5.74, 6) is 0. The molecule has 0 aliphatic heterocycles. The predicted molar refractivity (Wildman–Crippen MR) is 81.8 cm³/mol. The molecule has 0 aromatic carbocycles. The average molecular weight is 285 g/mol. The first-order chi connectivity index (χ1) is 9.50. The Balaban J connectivity index is 2.22. The van der Waals surface area contributed by atoms with E-state index in [0.717, 1.165) is 13.0 Å². The summed E-state index contributed by atoms with van der Waals surface area (Å²) in [6, 6.07) is 0.553. The van der Waals surface area contributed by atoms with Crippen molar-refractivity contribution in [3.63, 3.8) is 0 Å². The topological polar surface area (TPSA) is 64.6 Å². The maximum atomic E-state index is 11.9. The molecule has 1 atom stereocenters. The third-order valence-electron chi connectivity index (χ3n) is 4.56. The second kappa shape index (κ2) is 8.47. The lowest BCUT2D eigenvalue weighted by Gasteiger charge is -2.29. The van der Waals surface area contributed by atoms with Crippen molar-refractivity contribution in [2.24, 2.45) is 0 Å². The van der Waals surface area contributed by atoms with Crippen molar-refractivity contribution in [2.45, 2.75) is 64.0 Å². The number of hydrogen-bond acceptors (Lipinski definition) is 3. The molecule has 118 valence electrons. The van der Waals surface area contributed by atoms with Crippen LogP contribution in [0.15, 0.2) is 0 Å². The van der Waals surface area contributed by atoms with Crippen LogP contribution in [0.2, 0.25) is 0 Å². The molecule has 3 N–H and O–H groups in total. The fourth-order valence-electron chi connectivity index (χ4n) is 2.77. The maximum absolute atomic E-state index is 11.9. The monoisotopic (exact) mass is 285 g/mol. The van der Waals surface area contributed by atoms with Gasteiger partial charge in [0.25, 0.3) is 0 Å². The first kappa shape index (κ1) is 17.2. The number of carbonyl (C=O) groups excluding carboxylic acids is 1. The SMILES string of the molecule is CCC(C)(CCO)NC(=O)NCCN(C)C1CCCC1. The highest BCUT2D eigenvalue weighted by atomic mass is 16.3. The van der Waals surface area contributed by atoms with E-state index in [-0.39, 0.29) is 18.2 Å². The molecule has 20 heavy (non-hydrogen) atoms. The van der Waals surface area contributed by atoms with Gasteiger partial charge in [-0.1, -0.05) is 19.8 Å². The zero-order valence-corrected chi connectivity index (χ0v) is 13.2. The molecule has 2 amide bonds. The van der Waals surface area contributed by atoms with Crippen molar-refractivity contribution in [2.75, 3.05) is 26.7 Å². The molecule has 0 spiro atoms. The third-order valence-corrected chi connectivity index (χ3v) is 4.56. The summed E-state index contributed by atoms with van der Waals surface area (Å²) >= 11 is 0. The Bertz CT molecular complexity index is 293. The van der Waals surface area contributed by atoms with Gasteiger partial charge in [0.15, 0.2) is 0 Å². The highest BCUT2D eigenvalue weighted by molar-refractivity contribution is 5.74. The summed E-state index contributed by atoms with van der Waals surface area (Å²) in [6.07, 6.45) is 6.62. The van der Waals surface area contributed by atoms with Gasteiger partial charge in [-0.15, -0.1) is 0 Å². The molecule has 0 aromatic rings. The number of aliphatic hydroxyl groups is 1. The zero-order chi connectivity index (χ0) is 15.0. The van der Waals surface area contributed by atoms with Crippen molar-refractivity contribution >= 4 is 6.03 Å². The standard InChI is InChI=1S/C15H31N3O2/c1-4-15(2,9-12-19)17-14(20)16-10-11-18(3)13-7-5-6-8-13/h13,19H,4-12H2,1-3H3,(H2,16,17,20). The lowest BCUT2D eigenvalue weighted by Crippen LogP contribution is -2.51. The minimum atomic E-state index is -0.323. The minimum absolute atomic E-state index is 0.0923. The van der Waals surface area contributed by atoms with Crippen molar-refractivity contribution in [3.05, 3.63) is 0 Å². The van der Waals surface area contributed by atoms with E-state index in [1.807, 2.05) is 13.8 Å². The Hall–Kier alpha value is -0.810. The number of aliphatic hydroxyl groups excluding tert-OH is 1. The Morgan fingerprint density at radius 1 is 1.40 bits per heavy atom. The highest BCUT2D eigenvalue weighted by Crippen LogP contribution is 2.21. The fourth-order valence-corrected chi connectivity index (χ4v) is 2.77. The van der Waals surface area contributed by atoms with Crippen molar-refractivity contribution < 1.29 is 9.90 Å². The van der Waals surface area contributed by atoms with Crippen molar-refractivity contribution in [3.8, 4) is 0 Å². The molecule has 1 saturated carbocycles. The molecular formula is C15H31N3O2. The van der Waals surface area contributed by atoms with E-state index in [4.69, 9.17) is 5.11 Å². The molecule has 5 nitrogen and oxygen atoms in total. The summed E-state index contributed by atoms with van der Waals surface area (Å²) < 4.78 is 0. The summed E-state index contributed by atoms with van der Waals surface area (Å²) in [6.45, 7) is 5.63. The number of nitrogens with zero attached hydrogens (tertiary/aromatic N) is 1. The first-order valence-corrected chi connectivity index (χ1v) is 7.88. The molecule has 1 unspecified atom stereocenters. The van der Waals surface area contributed by atoms with Gasteiger partial charge in [0.2, 0.25) is 0 Å². The lowest BCUT2D eigenvalue weighted by molar-refractivity contribution is 0.198. The number of nitrogens with one attached hydrogen (secondary N) is 2. The first-order valence-electron chi connectivity index (χ1n) is 7.88. The molecule has 1 fully saturated rings. The largest absolute Gasteiger partial charge is 0.396 e. The zero-order valence-electron chi connectivity index (χ0n) is 13.2. The number of likely N-dealkylation sites (N-methyl/N-ethyl adjacent to an activating group) is 1. The van der Waals surface area contributed by atoms with Crippen LogP contribution in [0.4, 0.5) is 4.79 Å². The van der Waals surface area contributed by atoms with Gasteiger partial charge in [0.1, 0.15) is 0 Å². The second-order valence-corrected chi connectivity index (χ2v) is 6.19. The molecular weight excluding hydrogens is 254 g/mol. The van der Waals surface area contributed by atoms with Gasteiger partial charge in [-0.3, -0.25) is 0 Å². The van der Waals surface area contributed by atoms with E-state index in [1.165, 1.54) is 25.7 Å². The van der Waals surface area contributed by atoms with E-state index in [9.17, 15) is 4.79 Å². The summed E-state index contributed by atoms with van der Waals surface area (Å²) in [5.41, 5.74) is -0.323. The van der Waals surface area contributed by atoms with E-state index >= 15 is 0 Å². The Kier molecular flexibility index (Phi) is 7.30. The summed E-state index contributed by atoms with van der Waals surface area (Å²) in [5, 5.41) is 14.9. The van der Waals surface area contributed by atoms with Crippen LogP contribution >= 0.6 is 0 Å². The Labute approximate surface area is 123 Å². The maximum Gasteiger partial charge on any atom is 0.315 e. The van der Waals surface area contributed by atoms with Gasteiger partial charge in [-0.2, -0.15) is 0 Å². The van der Waals surface area contributed by atoms with Crippen LogP contribution in [0.3, 0.4) is 0 Å². The Morgan fingerprint density at radius 2 is 2.05 bits per heavy atom. The van der Waals surface area contributed by atoms with E-state index < -0.39 is 0 Å². The summed E-state index contributed by atoms with van der Waals surface area (Å²) in [4.78, 5) is 14.2. The van der Waals surface area contributed by atoms with Gasteiger partial charge in [0.05, 0.1) is 0 Å². The second-order valence-electron chi connectivity index (χ2n) is 6.19. The van der Waals surface area contributed by atoms with Crippen LogP contribution in [0.1, 0.15) is 52.4 Å². The quantitative estimate of drug-likeness (QED) is 0.636. The van der Waals surface area contributed by atoms with Crippen LogP contribution in [0.25, 0.3) is 0 Å².